The van der Waals surface area contributed by atoms with Crippen molar-refractivity contribution in [2.24, 2.45) is 5.92 Å². The van der Waals surface area contributed by atoms with Gasteiger partial charge in [-0.3, -0.25) is 0 Å². The highest BCUT2D eigenvalue weighted by Crippen LogP contribution is 2.17. The van der Waals surface area contributed by atoms with Crippen LogP contribution in [0.1, 0.15) is 33.1 Å². The molecule has 1 fully saturated rings. The third kappa shape index (κ3) is 3.70. The second-order valence-electron chi connectivity index (χ2n) is 4.22. The lowest BCUT2D eigenvalue weighted by molar-refractivity contribution is 0.0528. The maximum absolute atomic E-state index is 11.6. The Hall–Kier alpha value is -0.770. The van der Waals surface area contributed by atoms with E-state index in [2.05, 4.69) is 0 Å². The fourth-order valence-electron chi connectivity index (χ4n) is 1.63. The van der Waals surface area contributed by atoms with Gasteiger partial charge in [-0.1, -0.05) is 6.92 Å². The predicted octanol–water partition coefficient (Wildman–Crippen LogP) is 1.63. The van der Waals surface area contributed by atoms with E-state index in [-0.39, 0.29) is 18.8 Å². The molecule has 1 unspecified atom stereocenters. The third-order valence-corrected chi connectivity index (χ3v) is 3.01. The lowest BCUT2D eigenvalue weighted by atomic mass is 9.98. The van der Waals surface area contributed by atoms with Gasteiger partial charge in [0.2, 0.25) is 0 Å². The van der Waals surface area contributed by atoms with Crippen LogP contribution in [0, 0.1) is 5.92 Å². The predicted molar refractivity (Wildman–Crippen MR) is 57.6 cm³/mol. The van der Waals surface area contributed by atoms with Crippen molar-refractivity contribution in [3.63, 3.8) is 0 Å². The first kappa shape index (κ1) is 12.3. The molecule has 0 aromatic heterocycles. The number of carbonyl (C=O) groups excluding carboxylic acids is 1. The first-order valence-electron chi connectivity index (χ1n) is 5.73. The first-order valence-corrected chi connectivity index (χ1v) is 5.73. The number of aliphatic hydroxyl groups is 1. The van der Waals surface area contributed by atoms with Gasteiger partial charge in [-0.15, -0.1) is 0 Å². The van der Waals surface area contributed by atoms with Gasteiger partial charge in [0.1, 0.15) is 6.10 Å². The minimum absolute atomic E-state index is 0.00642. The van der Waals surface area contributed by atoms with Gasteiger partial charge in [-0.05, 0) is 32.1 Å². The number of rotatable bonds is 3. The van der Waals surface area contributed by atoms with Gasteiger partial charge in [-0.25, -0.2) is 4.79 Å². The summed E-state index contributed by atoms with van der Waals surface area (Å²) in [4.78, 5) is 13.3. The van der Waals surface area contributed by atoms with Gasteiger partial charge >= 0.3 is 6.09 Å². The van der Waals surface area contributed by atoms with Crippen LogP contribution in [0.5, 0.6) is 0 Å². The largest absolute Gasteiger partial charge is 0.446 e. The number of ether oxygens (including phenoxy) is 1. The zero-order chi connectivity index (χ0) is 11.3. The van der Waals surface area contributed by atoms with Gasteiger partial charge in [0, 0.05) is 19.7 Å². The minimum Gasteiger partial charge on any atom is -0.446 e. The van der Waals surface area contributed by atoms with Gasteiger partial charge in [0.05, 0.1) is 0 Å². The smallest absolute Gasteiger partial charge is 0.410 e. The highest BCUT2D eigenvalue weighted by molar-refractivity contribution is 5.67. The molecule has 4 nitrogen and oxygen atoms in total. The molecular weight excluding hydrogens is 194 g/mol. The van der Waals surface area contributed by atoms with E-state index in [4.69, 9.17) is 9.84 Å². The molecule has 1 aliphatic rings. The van der Waals surface area contributed by atoms with Crippen molar-refractivity contribution >= 4 is 6.09 Å². The molecule has 0 aromatic carbocycles. The van der Waals surface area contributed by atoms with E-state index >= 15 is 0 Å². The Kier molecular flexibility index (Phi) is 4.88. The number of aliphatic hydroxyl groups excluding tert-OH is 1. The zero-order valence-corrected chi connectivity index (χ0v) is 9.61. The molecule has 0 spiro atoms. The SMILES string of the molecule is CCC(C)OC(=O)N1CCC(CO)CC1. The first-order chi connectivity index (χ1) is 7.17. The molecule has 1 atom stereocenters. The molecule has 15 heavy (non-hydrogen) atoms. The number of carbonyl (C=O) groups is 1. The Morgan fingerprint density at radius 3 is 2.60 bits per heavy atom. The molecule has 4 heteroatoms. The van der Waals surface area contributed by atoms with Crippen molar-refractivity contribution in [1.29, 1.82) is 0 Å². The molecule has 0 aliphatic carbocycles. The van der Waals surface area contributed by atoms with Crippen LogP contribution in [-0.2, 0) is 4.74 Å². The van der Waals surface area contributed by atoms with Crippen LogP contribution >= 0.6 is 0 Å². The average Bonchev–Trinajstić information content (AvgIpc) is 2.29. The lowest BCUT2D eigenvalue weighted by Crippen LogP contribution is -2.40. The van der Waals surface area contributed by atoms with Crippen LogP contribution in [0.3, 0.4) is 0 Å². The number of piperidine rings is 1. The summed E-state index contributed by atoms with van der Waals surface area (Å²) in [6.07, 6.45) is 2.39. The Labute approximate surface area is 91.2 Å². The molecule has 1 saturated heterocycles. The number of hydrogen-bond donors (Lipinski definition) is 1. The lowest BCUT2D eigenvalue weighted by Gasteiger charge is -2.31. The van der Waals surface area contributed by atoms with Crippen molar-refractivity contribution in [3.8, 4) is 0 Å². The standard InChI is InChI=1S/C11H21NO3/c1-3-9(2)15-11(14)12-6-4-10(8-13)5-7-12/h9-10,13H,3-8H2,1-2H3. The maximum Gasteiger partial charge on any atom is 0.410 e. The quantitative estimate of drug-likeness (QED) is 0.778. The minimum atomic E-state index is -0.208. The number of likely N-dealkylation sites (tertiary alicyclic amines) is 1. The average molecular weight is 215 g/mol. The van der Waals surface area contributed by atoms with E-state index < -0.39 is 0 Å². The summed E-state index contributed by atoms with van der Waals surface area (Å²) >= 11 is 0. The maximum atomic E-state index is 11.6. The highest BCUT2D eigenvalue weighted by Gasteiger charge is 2.23. The topological polar surface area (TPSA) is 49.8 Å². The number of nitrogens with zero attached hydrogens (tertiary/aromatic N) is 1. The summed E-state index contributed by atoms with van der Waals surface area (Å²) in [6.45, 7) is 5.55. The molecule has 0 radical (unpaired) electrons. The highest BCUT2D eigenvalue weighted by atomic mass is 16.6. The van der Waals surface area contributed by atoms with Gasteiger partial charge in [-0.2, -0.15) is 0 Å². The molecular formula is C11H21NO3. The summed E-state index contributed by atoms with van der Waals surface area (Å²) in [7, 11) is 0. The van der Waals surface area contributed by atoms with Crippen LogP contribution in [-0.4, -0.2) is 41.9 Å². The molecule has 0 saturated carbocycles. The van der Waals surface area contributed by atoms with E-state index in [0.29, 0.717) is 19.0 Å². The monoisotopic (exact) mass is 215 g/mol. The molecule has 0 bridgehead atoms. The van der Waals surface area contributed by atoms with E-state index in [1.165, 1.54) is 0 Å². The van der Waals surface area contributed by atoms with E-state index in [0.717, 1.165) is 19.3 Å². The van der Waals surface area contributed by atoms with Crippen LogP contribution in [0.25, 0.3) is 0 Å². The summed E-state index contributed by atoms with van der Waals surface area (Å²) in [6, 6.07) is 0. The molecule has 88 valence electrons. The van der Waals surface area contributed by atoms with E-state index in [1.54, 1.807) is 4.90 Å². The summed E-state index contributed by atoms with van der Waals surface area (Å²) in [5, 5.41) is 8.96. The molecule has 1 heterocycles. The summed E-state index contributed by atoms with van der Waals surface area (Å²) in [5.74, 6) is 0.359. The van der Waals surface area contributed by atoms with Gasteiger partial charge in [0.25, 0.3) is 0 Å². The zero-order valence-electron chi connectivity index (χ0n) is 9.61. The second-order valence-corrected chi connectivity index (χ2v) is 4.22. The van der Waals surface area contributed by atoms with E-state index in [9.17, 15) is 4.79 Å². The Bertz CT molecular complexity index is 200. The molecule has 1 N–H and O–H groups in total. The fourth-order valence-corrected chi connectivity index (χ4v) is 1.63. The summed E-state index contributed by atoms with van der Waals surface area (Å²) < 4.78 is 5.23. The van der Waals surface area contributed by atoms with Crippen LogP contribution < -0.4 is 0 Å². The summed E-state index contributed by atoms with van der Waals surface area (Å²) in [5.41, 5.74) is 0. The van der Waals surface area contributed by atoms with Crippen molar-refractivity contribution < 1.29 is 14.6 Å². The van der Waals surface area contributed by atoms with Crippen LogP contribution in [0.15, 0.2) is 0 Å². The normalized spacial score (nSPS) is 20.1. The second kappa shape index (κ2) is 5.95. The Morgan fingerprint density at radius 2 is 2.13 bits per heavy atom. The van der Waals surface area contributed by atoms with Crippen molar-refractivity contribution in [2.45, 2.75) is 39.2 Å². The fraction of sp³-hybridized carbons (Fsp3) is 0.909. The molecule has 1 amide bonds. The number of amides is 1. The van der Waals surface area contributed by atoms with Crippen LogP contribution in [0.4, 0.5) is 4.79 Å². The molecule has 1 rings (SSSR count). The van der Waals surface area contributed by atoms with Gasteiger partial charge < -0.3 is 14.7 Å². The van der Waals surface area contributed by atoms with Crippen molar-refractivity contribution in [1.82, 2.24) is 4.90 Å². The van der Waals surface area contributed by atoms with E-state index in [1.807, 2.05) is 13.8 Å². The number of hydrogen-bond acceptors (Lipinski definition) is 3. The molecule has 0 aromatic rings. The third-order valence-electron chi connectivity index (χ3n) is 3.01. The van der Waals surface area contributed by atoms with Crippen molar-refractivity contribution in [2.75, 3.05) is 19.7 Å². The molecule has 1 aliphatic heterocycles. The Morgan fingerprint density at radius 1 is 1.53 bits per heavy atom. The Balaban J connectivity index is 2.30. The van der Waals surface area contributed by atoms with Crippen molar-refractivity contribution in [3.05, 3.63) is 0 Å². The van der Waals surface area contributed by atoms with Gasteiger partial charge in [0.15, 0.2) is 0 Å². The van der Waals surface area contributed by atoms with Crippen LogP contribution in [0.2, 0.25) is 0 Å².